The highest BCUT2D eigenvalue weighted by Crippen LogP contribution is 2.30. The predicted molar refractivity (Wildman–Crippen MR) is 79.8 cm³/mol. The second-order valence-corrected chi connectivity index (χ2v) is 7.09. The Morgan fingerprint density at radius 3 is 2.43 bits per heavy atom. The third-order valence-electron chi connectivity index (χ3n) is 3.64. The Kier molecular flexibility index (Phi) is 3.46. The molecule has 1 aromatic heterocycles. The van der Waals surface area contributed by atoms with E-state index in [2.05, 4.69) is 5.10 Å². The van der Waals surface area contributed by atoms with Crippen molar-refractivity contribution in [2.75, 3.05) is 5.73 Å². The van der Waals surface area contributed by atoms with Crippen molar-refractivity contribution in [3.8, 4) is 0 Å². The molecule has 0 spiro atoms. The Morgan fingerprint density at radius 1 is 1.24 bits per heavy atom. The Balaban J connectivity index is 1.92. The molecule has 0 aliphatic carbocycles. The first-order valence-corrected chi connectivity index (χ1v) is 8.36. The fraction of sp³-hybridized carbons (Fsp3) is 0.357. The summed E-state index contributed by atoms with van der Waals surface area (Å²) in [6.07, 6.45) is 2.40. The average molecular weight is 306 g/mol. The number of hydrogen-bond donors (Lipinski definition) is 1. The quantitative estimate of drug-likeness (QED) is 0.930. The van der Waals surface area contributed by atoms with Crippen LogP contribution in [-0.2, 0) is 29.7 Å². The minimum Gasteiger partial charge on any atom is -0.381 e. The number of aryl methyl sites for hydroxylation is 1. The number of anilines is 1. The maximum atomic E-state index is 12.7. The van der Waals surface area contributed by atoms with Gasteiger partial charge in [-0.2, -0.15) is 9.40 Å². The van der Waals surface area contributed by atoms with Gasteiger partial charge in [-0.15, -0.1) is 0 Å². The molecule has 3 rings (SSSR count). The van der Waals surface area contributed by atoms with Crippen LogP contribution >= 0.6 is 0 Å². The summed E-state index contributed by atoms with van der Waals surface area (Å²) in [5.74, 6) is 0.0689. The molecule has 112 valence electrons. The Bertz CT molecular complexity index is 742. The zero-order valence-electron chi connectivity index (χ0n) is 11.9. The van der Waals surface area contributed by atoms with Crippen molar-refractivity contribution in [2.24, 2.45) is 0 Å². The lowest BCUT2D eigenvalue weighted by Gasteiger charge is -2.14. The highest BCUT2D eigenvalue weighted by atomic mass is 32.2. The lowest BCUT2D eigenvalue weighted by Crippen LogP contribution is -2.26. The largest absolute Gasteiger partial charge is 0.381 e. The fourth-order valence-corrected chi connectivity index (χ4v) is 4.03. The van der Waals surface area contributed by atoms with Crippen molar-refractivity contribution >= 4 is 15.8 Å². The molecule has 1 aliphatic rings. The highest BCUT2D eigenvalue weighted by Gasteiger charge is 2.33. The van der Waals surface area contributed by atoms with E-state index in [4.69, 9.17) is 5.73 Å². The van der Waals surface area contributed by atoms with E-state index in [1.807, 2.05) is 31.2 Å². The van der Waals surface area contributed by atoms with E-state index in [1.54, 1.807) is 4.68 Å². The summed E-state index contributed by atoms with van der Waals surface area (Å²) < 4.78 is 28.5. The van der Waals surface area contributed by atoms with Gasteiger partial charge in [-0.3, -0.25) is 4.68 Å². The standard InChI is InChI=1S/C14H18N4O2S/c1-2-7-17-10-13(14(15)16-17)21(19,20)18-8-11-5-3-4-6-12(11)9-18/h3-6,10H,2,7-9H2,1H3,(H2,15,16). The zero-order chi connectivity index (χ0) is 15.0. The molecule has 0 saturated carbocycles. The van der Waals surface area contributed by atoms with Crippen molar-refractivity contribution in [3.63, 3.8) is 0 Å². The third kappa shape index (κ3) is 2.43. The van der Waals surface area contributed by atoms with E-state index in [-0.39, 0.29) is 10.7 Å². The summed E-state index contributed by atoms with van der Waals surface area (Å²) in [5, 5.41) is 4.08. The molecule has 1 aromatic carbocycles. The van der Waals surface area contributed by atoms with Gasteiger partial charge in [-0.25, -0.2) is 8.42 Å². The van der Waals surface area contributed by atoms with Gasteiger partial charge in [0.2, 0.25) is 10.0 Å². The van der Waals surface area contributed by atoms with Crippen LogP contribution in [0.15, 0.2) is 35.4 Å². The Morgan fingerprint density at radius 2 is 1.86 bits per heavy atom. The van der Waals surface area contributed by atoms with Gasteiger partial charge in [0.1, 0.15) is 4.90 Å². The van der Waals surface area contributed by atoms with Crippen LogP contribution in [0.25, 0.3) is 0 Å². The molecular formula is C14H18N4O2S. The van der Waals surface area contributed by atoms with Gasteiger partial charge in [0.15, 0.2) is 5.82 Å². The summed E-state index contributed by atoms with van der Waals surface area (Å²) in [7, 11) is -3.61. The normalized spacial score (nSPS) is 15.3. The molecule has 1 aliphatic heterocycles. The smallest absolute Gasteiger partial charge is 0.248 e. The lowest BCUT2D eigenvalue weighted by molar-refractivity contribution is 0.431. The molecule has 7 heteroatoms. The first kappa shape index (κ1) is 14.1. The number of aromatic nitrogens is 2. The van der Waals surface area contributed by atoms with Crippen molar-refractivity contribution in [1.29, 1.82) is 0 Å². The van der Waals surface area contributed by atoms with E-state index >= 15 is 0 Å². The maximum absolute atomic E-state index is 12.7. The molecule has 0 fully saturated rings. The summed E-state index contributed by atoms with van der Waals surface area (Å²) in [6, 6.07) is 7.74. The number of fused-ring (bicyclic) bond motifs is 1. The Hall–Kier alpha value is -1.86. The van der Waals surface area contributed by atoms with Gasteiger partial charge >= 0.3 is 0 Å². The third-order valence-corrected chi connectivity index (χ3v) is 5.45. The van der Waals surface area contributed by atoms with Gasteiger partial charge in [0, 0.05) is 25.8 Å². The second-order valence-electron chi connectivity index (χ2n) is 5.18. The lowest BCUT2D eigenvalue weighted by atomic mass is 10.1. The molecule has 0 bridgehead atoms. The summed E-state index contributed by atoms with van der Waals surface area (Å²) in [5.41, 5.74) is 7.88. The van der Waals surface area contributed by atoms with Gasteiger partial charge < -0.3 is 5.73 Å². The summed E-state index contributed by atoms with van der Waals surface area (Å²) >= 11 is 0. The molecule has 2 N–H and O–H groups in total. The highest BCUT2D eigenvalue weighted by molar-refractivity contribution is 7.89. The molecule has 0 radical (unpaired) electrons. The van der Waals surface area contributed by atoms with Crippen molar-refractivity contribution in [1.82, 2.24) is 14.1 Å². The van der Waals surface area contributed by atoms with E-state index in [0.29, 0.717) is 19.6 Å². The number of sulfonamides is 1. The van der Waals surface area contributed by atoms with Gasteiger partial charge in [-0.05, 0) is 17.5 Å². The number of hydrogen-bond acceptors (Lipinski definition) is 4. The number of nitrogens with zero attached hydrogens (tertiary/aromatic N) is 3. The number of benzene rings is 1. The maximum Gasteiger partial charge on any atom is 0.248 e. The van der Waals surface area contributed by atoms with E-state index in [9.17, 15) is 8.42 Å². The van der Waals surface area contributed by atoms with Gasteiger partial charge in [0.25, 0.3) is 0 Å². The van der Waals surface area contributed by atoms with Crippen molar-refractivity contribution in [2.45, 2.75) is 37.9 Å². The molecule has 0 atom stereocenters. The monoisotopic (exact) mass is 306 g/mol. The SMILES string of the molecule is CCCn1cc(S(=O)(=O)N2Cc3ccccc3C2)c(N)n1. The number of rotatable bonds is 4. The molecule has 0 amide bonds. The minimum absolute atomic E-state index is 0.0689. The van der Waals surface area contributed by atoms with Crippen LogP contribution < -0.4 is 5.73 Å². The van der Waals surface area contributed by atoms with Crippen LogP contribution in [-0.4, -0.2) is 22.5 Å². The van der Waals surface area contributed by atoms with E-state index < -0.39 is 10.0 Å². The van der Waals surface area contributed by atoms with Gasteiger partial charge in [0.05, 0.1) is 0 Å². The molecular weight excluding hydrogens is 288 g/mol. The molecule has 0 unspecified atom stereocenters. The molecule has 2 aromatic rings. The van der Waals surface area contributed by atoms with Gasteiger partial charge in [-0.1, -0.05) is 31.2 Å². The summed E-state index contributed by atoms with van der Waals surface area (Å²) in [6.45, 7) is 3.43. The van der Waals surface area contributed by atoms with Crippen LogP contribution in [0.5, 0.6) is 0 Å². The Labute approximate surface area is 124 Å². The van der Waals surface area contributed by atoms with E-state index in [0.717, 1.165) is 17.5 Å². The summed E-state index contributed by atoms with van der Waals surface area (Å²) in [4.78, 5) is 0.101. The first-order chi connectivity index (χ1) is 10.0. The number of nitrogens with two attached hydrogens (primary N) is 1. The molecule has 6 nitrogen and oxygen atoms in total. The van der Waals surface area contributed by atoms with Crippen LogP contribution in [0.2, 0.25) is 0 Å². The van der Waals surface area contributed by atoms with Crippen LogP contribution in [0.1, 0.15) is 24.5 Å². The predicted octanol–water partition coefficient (Wildman–Crippen LogP) is 1.58. The van der Waals surface area contributed by atoms with Crippen molar-refractivity contribution < 1.29 is 8.42 Å². The second kappa shape index (κ2) is 5.16. The van der Waals surface area contributed by atoms with Crippen molar-refractivity contribution in [3.05, 3.63) is 41.6 Å². The molecule has 0 saturated heterocycles. The minimum atomic E-state index is -3.61. The fourth-order valence-electron chi connectivity index (χ4n) is 2.57. The molecule has 21 heavy (non-hydrogen) atoms. The topological polar surface area (TPSA) is 81.2 Å². The average Bonchev–Trinajstić information content (AvgIpc) is 3.03. The first-order valence-electron chi connectivity index (χ1n) is 6.92. The zero-order valence-corrected chi connectivity index (χ0v) is 12.7. The van der Waals surface area contributed by atoms with Crippen LogP contribution in [0, 0.1) is 0 Å². The van der Waals surface area contributed by atoms with Crippen LogP contribution in [0.4, 0.5) is 5.82 Å². The van der Waals surface area contributed by atoms with Crippen LogP contribution in [0.3, 0.4) is 0 Å². The number of nitrogen functional groups attached to an aromatic ring is 1. The van der Waals surface area contributed by atoms with E-state index in [1.165, 1.54) is 10.5 Å². The molecule has 2 heterocycles.